The number of nitrogens with zero attached hydrogens (tertiary/aromatic N) is 1. The van der Waals surface area contributed by atoms with E-state index in [9.17, 15) is 24.0 Å². The number of likely N-dealkylation sites (tertiary alicyclic amines) is 1. The molecule has 0 bridgehead atoms. The topological polar surface area (TPSA) is 125 Å². The van der Waals surface area contributed by atoms with Crippen LogP contribution in [0.1, 0.15) is 77.7 Å². The van der Waals surface area contributed by atoms with E-state index in [1.807, 2.05) is 39.0 Å². The number of Topliss-reactive ketones (excluding diaryl/α,β-unsaturated/α-hetero) is 1. The molecule has 3 N–H and O–H groups in total. The summed E-state index contributed by atoms with van der Waals surface area (Å²) >= 11 is 0. The van der Waals surface area contributed by atoms with Crippen LogP contribution in [0.5, 0.6) is 0 Å². The number of rotatable bonds is 17. The smallest absolute Gasteiger partial charge is 0.289 e. The van der Waals surface area contributed by atoms with Crippen LogP contribution in [0.2, 0.25) is 0 Å². The third kappa shape index (κ3) is 10.2. The molecule has 1 aliphatic heterocycles. The van der Waals surface area contributed by atoms with E-state index >= 15 is 0 Å². The predicted molar refractivity (Wildman–Crippen MR) is 155 cm³/mol. The Morgan fingerprint density at radius 3 is 2.42 bits per heavy atom. The van der Waals surface area contributed by atoms with Crippen LogP contribution in [-0.2, 0) is 30.4 Å². The van der Waals surface area contributed by atoms with Crippen LogP contribution in [-0.4, -0.2) is 65.5 Å². The van der Waals surface area contributed by atoms with Crippen molar-refractivity contribution in [2.24, 2.45) is 5.92 Å². The summed E-state index contributed by atoms with van der Waals surface area (Å²) in [5, 5.41) is 8.06. The van der Waals surface area contributed by atoms with Crippen molar-refractivity contribution >= 4 is 29.4 Å². The Hall–Kier alpha value is -3.49. The van der Waals surface area contributed by atoms with E-state index in [2.05, 4.69) is 34.7 Å². The number of nitrogens with one attached hydrogen (secondary N) is 3. The molecule has 0 radical (unpaired) electrons. The Balaban J connectivity index is 1.93. The fourth-order valence-corrected chi connectivity index (χ4v) is 4.91. The first kappa shape index (κ1) is 32.7. The Kier molecular flexibility index (Phi) is 14.1. The summed E-state index contributed by atoms with van der Waals surface area (Å²) < 4.78 is 0. The first-order valence-electron chi connectivity index (χ1n) is 14.6. The highest BCUT2D eigenvalue weighted by atomic mass is 16.2. The molecule has 3 atom stereocenters. The van der Waals surface area contributed by atoms with Crippen molar-refractivity contribution in [3.63, 3.8) is 0 Å². The van der Waals surface area contributed by atoms with Crippen LogP contribution < -0.4 is 16.0 Å². The van der Waals surface area contributed by atoms with Crippen molar-refractivity contribution in [2.45, 2.75) is 96.7 Å². The average Bonchev–Trinajstić information content (AvgIpc) is 3.44. The van der Waals surface area contributed by atoms with Crippen LogP contribution in [0, 0.1) is 5.92 Å². The molecule has 4 amide bonds. The largest absolute Gasteiger partial charge is 0.346 e. The first-order chi connectivity index (χ1) is 19.2. The van der Waals surface area contributed by atoms with Gasteiger partial charge in [-0.25, -0.2) is 0 Å². The van der Waals surface area contributed by atoms with Crippen molar-refractivity contribution in [2.75, 3.05) is 13.1 Å². The summed E-state index contributed by atoms with van der Waals surface area (Å²) in [6, 6.07) is 7.76. The van der Waals surface area contributed by atoms with Gasteiger partial charge in [-0.2, -0.15) is 0 Å². The lowest BCUT2D eigenvalue weighted by atomic mass is 10.0. The van der Waals surface area contributed by atoms with Gasteiger partial charge in [0.25, 0.3) is 5.91 Å². The van der Waals surface area contributed by atoms with Gasteiger partial charge < -0.3 is 20.9 Å². The fourth-order valence-electron chi connectivity index (χ4n) is 4.91. The minimum Gasteiger partial charge on any atom is -0.346 e. The second-order valence-electron chi connectivity index (χ2n) is 10.7. The highest BCUT2D eigenvalue weighted by Crippen LogP contribution is 2.21. The maximum absolute atomic E-state index is 13.5. The molecule has 1 saturated heterocycles. The summed E-state index contributed by atoms with van der Waals surface area (Å²) in [6.07, 6.45) is 7.41. The summed E-state index contributed by atoms with van der Waals surface area (Å²) in [5.41, 5.74) is 1.28. The summed E-state index contributed by atoms with van der Waals surface area (Å²) in [7, 11) is 0. The first-order valence-corrected chi connectivity index (χ1v) is 14.6. The molecule has 220 valence electrons. The molecule has 40 heavy (non-hydrogen) atoms. The SMILES string of the molecule is C=CCNC(=O)C(=O)[C@H](CCC)NC(=O)[C@@H]1CCCN1C(=O)[C@@H](NC(=O)CCCCCc1ccccc1)C(C)C. The Morgan fingerprint density at radius 1 is 1.05 bits per heavy atom. The number of carbonyl (C=O) groups excluding carboxylic acids is 5. The Labute approximate surface area is 238 Å². The number of hydrogen-bond acceptors (Lipinski definition) is 5. The molecule has 1 aromatic rings. The zero-order valence-corrected chi connectivity index (χ0v) is 24.2. The molecule has 9 nitrogen and oxygen atoms in total. The average molecular weight is 555 g/mol. The minimum absolute atomic E-state index is 0.151. The van der Waals surface area contributed by atoms with Gasteiger partial charge in [-0.15, -0.1) is 6.58 Å². The minimum atomic E-state index is -0.970. The maximum atomic E-state index is 13.5. The van der Waals surface area contributed by atoms with E-state index in [1.54, 1.807) is 0 Å². The number of amides is 4. The highest BCUT2D eigenvalue weighted by molar-refractivity contribution is 6.38. The van der Waals surface area contributed by atoms with Gasteiger partial charge in [0, 0.05) is 19.5 Å². The molecule has 9 heteroatoms. The summed E-state index contributed by atoms with van der Waals surface area (Å²) in [5.74, 6) is -2.59. The molecule has 0 spiro atoms. The number of aryl methyl sites for hydroxylation is 1. The van der Waals surface area contributed by atoms with Gasteiger partial charge in [0.1, 0.15) is 12.1 Å². The molecular weight excluding hydrogens is 508 g/mol. The highest BCUT2D eigenvalue weighted by Gasteiger charge is 2.40. The summed E-state index contributed by atoms with van der Waals surface area (Å²) in [4.78, 5) is 65.8. The zero-order valence-electron chi connectivity index (χ0n) is 24.2. The lowest BCUT2D eigenvalue weighted by Crippen LogP contribution is -2.57. The van der Waals surface area contributed by atoms with Gasteiger partial charge in [0.05, 0.1) is 6.04 Å². The van der Waals surface area contributed by atoms with E-state index in [4.69, 9.17) is 0 Å². The van der Waals surface area contributed by atoms with Crippen LogP contribution in [0.4, 0.5) is 0 Å². The molecule has 0 aromatic heterocycles. The van der Waals surface area contributed by atoms with Crippen molar-refractivity contribution in [1.29, 1.82) is 0 Å². The third-order valence-electron chi connectivity index (χ3n) is 7.14. The van der Waals surface area contributed by atoms with Gasteiger partial charge in [-0.1, -0.05) is 70.0 Å². The zero-order chi connectivity index (χ0) is 29.5. The lowest BCUT2D eigenvalue weighted by Gasteiger charge is -2.31. The van der Waals surface area contributed by atoms with Crippen LogP contribution in [0.3, 0.4) is 0 Å². The van der Waals surface area contributed by atoms with E-state index in [-0.39, 0.29) is 24.3 Å². The van der Waals surface area contributed by atoms with Crippen molar-refractivity contribution in [3.8, 4) is 0 Å². The Bertz CT molecular complexity index is 1010. The standard InChI is InChI=1S/C31H46N4O5/c1-5-14-24(28(37)30(39)32-20-6-2)33-29(38)25-18-13-21-35(25)31(40)27(22(3)4)34-26(36)19-12-8-11-17-23-15-9-7-10-16-23/h6-7,9-10,15-16,22,24-25,27H,2,5,8,11-14,17-21H2,1,3-4H3,(H,32,39)(H,33,38)(H,34,36)/t24-,25-,27-/m0/s1. The number of hydrogen-bond donors (Lipinski definition) is 3. The van der Waals surface area contributed by atoms with Crippen molar-refractivity contribution in [3.05, 3.63) is 48.6 Å². The maximum Gasteiger partial charge on any atom is 0.289 e. The molecule has 0 saturated carbocycles. The molecule has 2 rings (SSSR count). The van der Waals surface area contributed by atoms with Gasteiger partial charge in [-0.05, 0) is 50.0 Å². The van der Waals surface area contributed by atoms with Crippen molar-refractivity contribution in [1.82, 2.24) is 20.9 Å². The van der Waals surface area contributed by atoms with Crippen molar-refractivity contribution < 1.29 is 24.0 Å². The second kappa shape index (κ2) is 17.3. The molecular formula is C31H46N4O5. The van der Waals surface area contributed by atoms with Crippen LogP contribution in [0.25, 0.3) is 0 Å². The summed E-state index contributed by atoms with van der Waals surface area (Å²) in [6.45, 7) is 9.65. The molecule has 1 fully saturated rings. The van der Waals surface area contributed by atoms with Gasteiger partial charge in [0.2, 0.25) is 23.5 Å². The number of ketones is 1. The van der Waals surface area contributed by atoms with Gasteiger partial charge in [0.15, 0.2) is 0 Å². The Morgan fingerprint density at radius 2 is 1.77 bits per heavy atom. The monoisotopic (exact) mass is 554 g/mol. The van der Waals surface area contributed by atoms with Crippen LogP contribution >= 0.6 is 0 Å². The normalized spacial score (nSPS) is 16.2. The predicted octanol–water partition coefficient (Wildman–Crippen LogP) is 3.08. The van der Waals surface area contributed by atoms with Gasteiger partial charge in [-0.3, -0.25) is 24.0 Å². The number of unbranched alkanes of at least 4 members (excludes halogenated alkanes) is 2. The fraction of sp³-hybridized carbons (Fsp3) is 0.581. The number of benzene rings is 1. The van der Waals surface area contributed by atoms with Gasteiger partial charge >= 0.3 is 0 Å². The third-order valence-corrected chi connectivity index (χ3v) is 7.14. The van der Waals surface area contributed by atoms with E-state index in [1.165, 1.54) is 16.5 Å². The van der Waals surface area contributed by atoms with E-state index in [0.717, 1.165) is 25.7 Å². The molecule has 0 unspecified atom stereocenters. The molecule has 1 aliphatic rings. The van der Waals surface area contributed by atoms with E-state index in [0.29, 0.717) is 38.6 Å². The quantitative estimate of drug-likeness (QED) is 0.155. The van der Waals surface area contributed by atoms with E-state index < -0.39 is 35.7 Å². The number of carbonyl (C=O) groups is 5. The van der Waals surface area contributed by atoms with Crippen LogP contribution in [0.15, 0.2) is 43.0 Å². The molecule has 0 aliphatic carbocycles. The lowest BCUT2D eigenvalue weighted by molar-refractivity contribution is -0.144. The molecule has 1 aromatic carbocycles. The molecule has 1 heterocycles. The second-order valence-corrected chi connectivity index (χ2v) is 10.7.